The maximum absolute atomic E-state index is 12.3. The van der Waals surface area contributed by atoms with Crippen LogP contribution in [0.25, 0.3) is 0 Å². The van der Waals surface area contributed by atoms with Crippen LogP contribution in [0.15, 0.2) is 18.2 Å². The van der Waals surface area contributed by atoms with Gasteiger partial charge in [0, 0.05) is 20.0 Å². The highest BCUT2D eigenvalue weighted by Gasteiger charge is 2.23. The van der Waals surface area contributed by atoms with Crippen LogP contribution in [-0.4, -0.2) is 49.6 Å². The van der Waals surface area contributed by atoms with Crippen molar-refractivity contribution in [1.29, 1.82) is 0 Å². The first-order chi connectivity index (χ1) is 10.0. The van der Waals surface area contributed by atoms with E-state index in [1.54, 1.807) is 23.1 Å². The highest BCUT2D eigenvalue weighted by molar-refractivity contribution is 6.44. The lowest BCUT2D eigenvalue weighted by molar-refractivity contribution is -0.134. The van der Waals surface area contributed by atoms with Crippen LogP contribution in [0.5, 0.6) is 0 Å². The Bertz CT molecular complexity index is 545. The fourth-order valence-corrected chi connectivity index (χ4v) is 2.51. The predicted octanol–water partition coefficient (Wildman–Crippen LogP) is 2.21. The number of nitrogens with zero attached hydrogens (tertiary/aromatic N) is 2. The maximum Gasteiger partial charge on any atom is 0.242 e. The third-order valence-electron chi connectivity index (χ3n) is 3.26. The fourth-order valence-electron chi connectivity index (χ4n) is 2.12. The highest BCUT2D eigenvalue weighted by Crippen LogP contribution is 2.32. The third kappa shape index (κ3) is 3.87. The Morgan fingerprint density at radius 1 is 1.29 bits per heavy atom. The Labute approximate surface area is 133 Å². The van der Waals surface area contributed by atoms with E-state index in [0.717, 1.165) is 0 Å². The van der Waals surface area contributed by atoms with Crippen LogP contribution in [0.4, 0.5) is 5.69 Å². The molecule has 21 heavy (non-hydrogen) atoms. The van der Waals surface area contributed by atoms with E-state index in [1.165, 1.54) is 11.8 Å². The minimum Gasteiger partial charge on any atom is -0.378 e. The van der Waals surface area contributed by atoms with Crippen molar-refractivity contribution in [1.82, 2.24) is 4.90 Å². The molecule has 5 nitrogen and oxygen atoms in total. The predicted molar refractivity (Wildman–Crippen MR) is 81.9 cm³/mol. The molecule has 1 heterocycles. The van der Waals surface area contributed by atoms with Gasteiger partial charge in [-0.05, 0) is 12.1 Å². The number of hydrogen-bond donors (Lipinski definition) is 0. The minimum absolute atomic E-state index is 0.0601. The largest absolute Gasteiger partial charge is 0.378 e. The number of anilines is 1. The van der Waals surface area contributed by atoms with E-state index in [1.807, 2.05) is 0 Å². The normalized spacial score (nSPS) is 14.9. The Hall–Kier alpha value is -1.30. The molecule has 0 aromatic heterocycles. The summed E-state index contributed by atoms with van der Waals surface area (Å²) in [5.74, 6) is -0.398. The molecule has 0 bridgehead atoms. The average molecular weight is 331 g/mol. The lowest BCUT2D eigenvalue weighted by atomic mass is 10.2. The molecule has 1 aromatic carbocycles. The highest BCUT2D eigenvalue weighted by atomic mass is 35.5. The van der Waals surface area contributed by atoms with Gasteiger partial charge in [-0.2, -0.15) is 0 Å². The van der Waals surface area contributed by atoms with Gasteiger partial charge in [0.15, 0.2) is 0 Å². The van der Waals surface area contributed by atoms with Crippen LogP contribution < -0.4 is 4.90 Å². The van der Waals surface area contributed by atoms with E-state index in [-0.39, 0.29) is 23.4 Å². The van der Waals surface area contributed by atoms with Crippen molar-refractivity contribution in [2.24, 2.45) is 0 Å². The van der Waals surface area contributed by atoms with Gasteiger partial charge >= 0.3 is 0 Å². The Kier molecular flexibility index (Phi) is 5.45. The van der Waals surface area contributed by atoms with Gasteiger partial charge in [-0.1, -0.05) is 29.3 Å². The summed E-state index contributed by atoms with van der Waals surface area (Å²) in [6, 6.07) is 5.00. The van der Waals surface area contributed by atoms with Crippen LogP contribution in [0.1, 0.15) is 6.92 Å². The molecule has 2 rings (SSSR count). The van der Waals surface area contributed by atoms with Gasteiger partial charge in [-0.25, -0.2) is 0 Å². The van der Waals surface area contributed by atoms with Gasteiger partial charge in [0.25, 0.3) is 0 Å². The van der Waals surface area contributed by atoms with Gasteiger partial charge in [0.1, 0.15) is 6.54 Å². The summed E-state index contributed by atoms with van der Waals surface area (Å²) in [5, 5.41) is 0.614. The molecule has 114 valence electrons. The Morgan fingerprint density at radius 2 is 1.95 bits per heavy atom. The van der Waals surface area contributed by atoms with Crippen molar-refractivity contribution < 1.29 is 14.3 Å². The van der Waals surface area contributed by atoms with Gasteiger partial charge in [-0.15, -0.1) is 0 Å². The van der Waals surface area contributed by atoms with Crippen LogP contribution in [0.3, 0.4) is 0 Å². The van der Waals surface area contributed by atoms with Crippen LogP contribution in [0, 0.1) is 0 Å². The summed E-state index contributed by atoms with van der Waals surface area (Å²) in [5.41, 5.74) is 0.443. The summed E-state index contributed by atoms with van der Waals surface area (Å²) in [7, 11) is 0. The van der Waals surface area contributed by atoms with Crippen molar-refractivity contribution in [2.45, 2.75) is 6.92 Å². The van der Waals surface area contributed by atoms with Gasteiger partial charge < -0.3 is 14.5 Å². The first-order valence-electron chi connectivity index (χ1n) is 6.58. The summed E-state index contributed by atoms with van der Waals surface area (Å²) in [6.07, 6.45) is 0. The molecule has 0 unspecified atom stereocenters. The molecule has 0 spiro atoms. The molecule has 1 aliphatic heterocycles. The SMILES string of the molecule is CC(=O)N(CC(=O)N1CCOCC1)c1cccc(Cl)c1Cl. The number of amides is 2. The zero-order valence-corrected chi connectivity index (χ0v) is 13.2. The fraction of sp³-hybridized carbons (Fsp3) is 0.429. The van der Waals surface area contributed by atoms with Crippen molar-refractivity contribution in [2.75, 3.05) is 37.7 Å². The second kappa shape index (κ2) is 7.11. The average Bonchev–Trinajstić information content (AvgIpc) is 2.48. The quantitative estimate of drug-likeness (QED) is 0.853. The molecule has 0 radical (unpaired) electrons. The molecule has 0 saturated carbocycles. The zero-order valence-electron chi connectivity index (χ0n) is 11.6. The third-order valence-corrected chi connectivity index (χ3v) is 4.07. The van der Waals surface area contributed by atoms with E-state index in [2.05, 4.69) is 0 Å². The molecule has 0 N–H and O–H groups in total. The number of morpholine rings is 1. The number of benzene rings is 1. The molecule has 1 aromatic rings. The van der Waals surface area contributed by atoms with Crippen molar-refractivity contribution >= 4 is 40.7 Å². The molecule has 1 saturated heterocycles. The number of carbonyl (C=O) groups excluding carboxylic acids is 2. The van der Waals surface area contributed by atoms with E-state index in [9.17, 15) is 9.59 Å². The molecular formula is C14H16Cl2N2O3. The summed E-state index contributed by atoms with van der Waals surface area (Å²) >= 11 is 12.1. The topological polar surface area (TPSA) is 49.9 Å². The number of hydrogen-bond acceptors (Lipinski definition) is 3. The number of ether oxygens (including phenoxy) is 1. The summed E-state index contributed by atoms with van der Waals surface area (Å²) in [6.45, 7) is 3.44. The molecular weight excluding hydrogens is 315 g/mol. The van der Waals surface area contributed by atoms with Crippen LogP contribution in [0.2, 0.25) is 10.0 Å². The number of carbonyl (C=O) groups is 2. The van der Waals surface area contributed by atoms with Crippen LogP contribution >= 0.6 is 23.2 Å². The molecule has 7 heteroatoms. The van der Waals surface area contributed by atoms with Crippen molar-refractivity contribution in [3.8, 4) is 0 Å². The lowest BCUT2D eigenvalue weighted by Gasteiger charge is -2.30. The van der Waals surface area contributed by atoms with E-state index in [4.69, 9.17) is 27.9 Å². The molecule has 0 aliphatic carbocycles. The smallest absolute Gasteiger partial charge is 0.242 e. The first kappa shape index (κ1) is 16.1. The second-order valence-electron chi connectivity index (χ2n) is 4.67. The minimum atomic E-state index is -0.263. The molecule has 1 fully saturated rings. The summed E-state index contributed by atoms with van der Waals surface area (Å²) < 4.78 is 5.21. The Balaban J connectivity index is 2.17. The Morgan fingerprint density at radius 3 is 2.57 bits per heavy atom. The summed E-state index contributed by atoms with van der Waals surface area (Å²) in [4.78, 5) is 27.2. The molecule has 1 aliphatic rings. The lowest BCUT2D eigenvalue weighted by Crippen LogP contribution is -2.47. The standard InChI is InChI=1S/C14H16Cl2N2O3/c1-10(19)18(12-4-2-3-11(15)14(12)16)9-13(20)17-5-7-21-8-6-17/h2-4H,5-9H2,1H3. The monoisotopic (exact) mass is 330 g/mol. The van der Waals surface area contributed by atoms with E-state index < -0.39 is 0 Å². The van der Waals surface area contributed by atoms with Gasteiger partial charge in [0.05, 0.1) is 28.9 Å². The second-order valence-corrected chi connectivity index (χ2v) is 5.46. The van der Waals surface area contributed by atoms with Crippen LogP contribution in [-0.2, 0) is 14.3 Å². The molecule has 0 atom stereocenters. The van der Waals surface area contributed by atoms with E-state index in [0.29, 0.717) is 37.0 Å². The first-order valence-corrected chi connectivity index (χ1v) is 7.34. The van der Waals surface area contributed by atoms with E-state index >= 15 is 0 Å². The number of rotatable bonds is 3. The van der Waals surface area contributed by atoms with Crippen molar-refractivity contribution in [3.63, 3.8) is 0 Å². The zero-order chi connectivity index (χ0) is 15.4. The van der Waals surface area contributed by atoms with Gasteiger partial charge in [0.2, 0.25) is 11.8 Å². The number of halogens is 2. The maximum atomic E-state index is 12.3. The van der Waals surface area contributed by atoms with Gasteiger partial charge in [-0.3, -0.25) is 9.59 Å². The van der Waals surface area contributed by atoms with Crippen molar-refractivity contribution in [3.05, 3.63) is 28.2 Å². The molecule has 2 amide bonds.